The predicted molar refractivity (Wildman–Crippen MR) is 107 cm³/mol. The molecule has 2 amide bonds. The number of nitrogens with one attached hydrogen (secondary N) is 1. The van der Waals surface area contributed by atoms with Crippen LogP contribution in [0.15, 0.2) is 24.3 Å². The van der Waals surface area contributed by atoms with Crippen LogP contribution in [0.1, 0.15) is 36.0 Å². The lowest BCUT2D eigenvalue weighted by molar-refractivity contribution is -0.130. The molecule has 1 aromatic rings. The highest BCUT2D eigenvalue weighted by Crippen LogP contribution is 2.70. The molecular weight excluding hydrogens is 438 g/mol. The Bertz CT molecular complexity index is 1020. The van der Waals surface area contributed by atoms with Crippen molar-refractivity contribution in [2.75, 3.05) is 17.5 Å². The highest BCUT2D eigenvalue weighted by atomic mass is 32.2. The minimum absolute atomic E-state index is 0.206. The minimum atomic E-state index is -3.45. The molecule has 2 saturated carbocycles. The van der Waals surface area contributed by atoms with Gasteiger partial charge in [0, 0.05) is 29.3 Å². The normalized spacial score (nSPS) is 27.0. The molecule has 0 aromatic heterocycles. The summed E-state index contributed by atoms with van der Waals surface area (Å²) in [5.74, 6) is -4.14. The molecule has 3 fully saturated rings. The molecular formula is C19H20F2N2O5S2. The molecule has 4 rings (SSSR count). The fraction of sp³-hybridized carbons (Fsp3) is 0.526. The monoisotopic (exact) mass is 458 g/mol. The van der Waals surface area contributed by atoms with Crippen molar-refractivity contribution in [3.63, 3.8) is 0 Å². The van der Waals surface area contributed by atoms with Crippen LogP contribution in [0.3, 0.4) is 0 Å². The van der Waals surface area contributed by atoms with Crippen LogP contribution in [-0.2, 0) is 14.8 Å². The average molecular weight is 459 g/mol. The molecule has 162 valence electrons. The number of alkyl halides is 2. The van der Waals surface area contributed by atoms with Crippen molar-refractivity contribution in [3.05, 3.63) is 29.8 Å². The SMILES string of the molecule is CS(=O)(=O)Nc1ccc(C(=O)CN2C(=O)SC3C(C2=O)C32CCC(F)(F)CC2)cc1. The zero-order valence-corrected chi connectivity index (χ0v) is 17.7. The third-order valence-corrected chi connectivity index (χ3v) is 8.11. The first-order valence-corrected chi connectivity index (χ1v) is 12.2. The lowest BCUT2D eigenvalue weighted by Crippen LogP contribution is -2.42. The number of thioether (sulfide) groups is 1. The number of rotatable bonds is 5. The Morgan fingerprint density at radius 1 is 1.17 bits per heavy atom. The number of benzene rings is 1. The highest BCUT2D eigenvalue weighted by Gasteiger charge is 2.73. The molecule has 1 N–H and O–H groups in total. The second-order valence-corrected chi connectivity index (χ2v) is 11.0. The lowest BCUT2D eigenvalue weighted by atomic mass is 9.82. The molecule has 1 heterocycles. The van der Waals surface area contributed by atoms with Gasteiger partial charge in [0.05, 0.1) is 18.7 Å². The highest BCUT2D eigenvalue weighted by molar-refractivity contribution is 8.14. The molecule has 1 spiro atoms. The lowest BCUT2D eigenvalue weighted by Gasteiger charge is -2.29. The number of carbonyl (C=O) groups excluding carboxylic acids is 3. The smallest absolute Gasteiger partial charge is 0.289 e. The summed E-state index contributed by atoms with van der Waals surface area (Å²) in [6.45, 7) is -0.432. The van der Waals surface area contributed by atoms with Crippen LogP contribution in [-0.4, -0.2) is 54.2 Å². The number of nitrogens with zero attached hydrogens (tertiary/aromatic N) is 1. The zero-order valence-electron chi connectivity index (χ0n) is 16.1. The van der Waals surface area contributed by atoms with Crippen molar-refractivity contribution in [1.82, 2.24) is 4.90 Å². The van der Waals surface area contributed by atoms with Gasteiger partial charge in [0.1, 0.15) is 0 Å². The Morgan fingerprint density at radius 3 is 2.33 bits per heavy atom. The van der Waals surface area contributed by atoms with Crippen LogP contribution in [0.2, 0.25) is 0 Å². The largest absolute Gasteiger partial charge is 0.292 e. The van der Waals surface area contributed by atoms with Crippen LogP contribution >= 0.6 is 11.8 Å². The van der Waals surface area contributed by atoms with Gasteiger partial charge in [-0.1, -0.05) is 11.8 Å². The number of imide groups is 1. The number of fused-ring (bicyclic) bond motifs is 3. The third kappa shape index (κ3) is 3.84. The van der Waals surface area contributed by atoms with Crippen LogP contribution in [0.4, 0.5) is 19.3 Å². The van der Waals surface area contributed by atoms with E-state index < -0.39 is 50.8 Å². The van der Waals surface area contributed by atoms with Crippen LogP contribution in [0.25, 0.3) is 0 Å². The van der Waals surface area contributed by atoms with E-state index in [0.29, 0.717) is 0 Å². The molecule has 7 nitrogen and oxygen atoms in total. The number of sulfonamides is 1. The number of hydrogen-bond donors (Lipinski definition) is 1. The van der Waals surface area contributed by atoms with Gasteiger partial charge in [0.25, 0.3) is 5.24 Å². The Morgan fingerprint density at radius 2 is 1.77 bits per heavy atom. The molecule has 30 heavy (non-hydrogen) atoms. The molecule has 1 aromatic carbocycles. The standard InChI is InChI=1S/C19H20F2N2O5S2/c1-30(27,28)22-12-4-2-11(3-5-12)13(24)10-23-16(25)14-15(29-17(23)26)18(14)6-8-19(20,21)9-7-18/h2-5,14-15,22H,6-10H2,1H3. The maximum Gasteiger partial charge on any atom is 0.289 e. The fourth-order valence-corrected chi connectivity index (χ4v) is 6.56. The molecule has 2 unspecified atom stereocenters. The third-order valence-electron chi connectivity index (χ3n) is 6.08. The van der Waals surface area contributed by atoms with Gasteiger partial charge >= 0.3 is 0 Å². The van der Waals surface area contributed by atoms with Crippen molar-refractivity contribution in [3.8, 4) is 0 Å². The summed E-state index contributed by atoms with van der Waals surface area (Å²) in [5, 5.41) is -0.805. The molecule has 3 aliphatic rings. The van der Waals surface area contributed by atoms with E-state index in [1.807, 2.05) is 0 Å². The fourth-order valence-electron chi connectivity index (χ4n) is 4.44. The van der Waals surface area contributed by atoms with E-state index in [1.165, 1.54) is 24.3 Å². The van der Waals surface area contributed by atoms with Gasteiger partial charge in [-0.25, -0.2) is 17.2 Å². The summed E-state index contributed by atoms with van der Waals surface area (Å²) in [6.07, 6.45) is 0.849. The number of amides is 2. The Kier molecular flexibility index (Phi) is 4.96. The van der Waals surface area contributed by atoms with Crippen molar-refractivity contribution in [2.45, 2.75) is 36.9 Å². The molecule has 2 aliphatic carbocycles. The Labute approximate surface area is 176 Å². The van der Waals surface area contributed by atoms with Gasteiger partial charge in [-0.3, -0.25) is 24.0 Å². The summed E-state index contributed by atoms with van der Waals surface area (Å²) in [7, 11) is -3.45. The van der Waals surface area contributed by atoms with Crippen LogP contribution < -0.4 is 4.72 Å². The number of Topliss-reactive ketones (excluding diaryl/α,β-unsaturated/α-hetero) is 1. The van der Waals surface area contributed by atoms with Crippen molar-refractivity contribution in [1.29, 1.82) is 0 Å². The van der Waals surface area contributed by atoms with E-state index in [1.54, 1.807) is 0 Å². The zero-order chi connectivity index (χ0) is 21.9. The first-order valence-electron chi connectivity index (χ1n) is 9.43. The topological polar surface area (TPSA) is 101 Å². The van der Waals surface area contributed by atoms with Crippen molar-refractivity contribution < 1.29 is 31.6 Å². The second kappa shape index (κ2) is 7.01. The van der Waals surface area contributed by atoms with E-state index in [4.69, 9.17) is 0 Å². The van der Waals surface area contributed by atoms with Crippen LogP contribution in [0, 0.1) is 11.3 Å². The first-order chi connectivity index (χ1) is 13.9. The number of anilines is 1. The summed E-state index contributed by atoms with van der Waals surface area (Å²) < 4.78 is 51.8. The maximum absolute atomic E-state index is 13.5. The molecule has 0 radical (unpaired) electrons. The Hall–Kier alpha value is -2.01. The number of carbonyl (C=O) groups is 3. The average Bonchev–Trinajstić information content (AvgIpc) is 3.27. The van der Waals surface area contributed by atoms with E-state index in [9.17, 15) is 31.6 Å². The summed E-state index contributed by atoms with van der Waals surface area (Å²) in [4.78, 5) is 38.8. The first kappa shape index (κ1) is 21.2. The molecule has 11 heteroatoms. The maximum atomic E-state index is 13.5. The number of halogens is 2. The van der Waals surface area contributed by atoms with Gasteiger partial charge in [-0.15, -0.1) is 0 Å². The van der Waals surface area contributed by atoms with Gasteiger partial charge in [-0.05, 0) is 42.5 Å². The second-order valence-electron chi connectivity index (χ2n) is 8.17. The predicted octanol–water partition coefficient (Wildman–Crippen LogP) is 3.13. The molecule has 1 aliphatic heterocycles. The molecule has 0 bridgehead atoms. The minimum Gasteiger partial charge on any atom is -0.292 e. The summed E-state index contributed by atoms with van der Waals surface area (Å²) >= 11 is 0.971. The summed E-state index contributed by atoms with van der Waals surface area (Å²) in [5.41, 5.74) is -0.0493. The van der Waals surface area contributed by atoms with Gasteiger partial charge in [0.15, 0.2) is 5.78 Å². The number of hydrogen-bond acceptors (Lipinski definition) is 6. The van der Waals surface area contributed by atoms with E-state index in [-0.39, 0.29) is 42.2 Å². The van der Waals surface area contributed by atoms with E-state index >= 15 is 0 Å². The van der Waals surface area contributed by atoms with Gasteiger partial charge in [0.2, 0.25) is 21.9 Å². The van der Waals surface area contributed by atoms with Crippen molar-refractivity contribution in [2.24, 2.45) is 11.3 Å². The quantitative estimate of drug-likeness (QED) is 0.681. The van der Waals surface area contributed by atoms with Crippen molar-refractivity contribution >= 4 is 44.4 Å². The van der Waals surface area contributed by atoms with E-state index in [0.717, 1.165) is 22.9 Å². The van der Waals surface area contributed by atoms with Gasteiger partial charge in [-0.2, -0.15) is 0 Å². The summed E-state index contributed by atoms with van der Waals surface area (Å²) in [6, 6.07) is 5.65. The Balaban J connectivity index is 1.43. The van der Waals surface area contributed by atoms with Gasteiger partial charge < -0.3 is 0 Å². The number of ketones is 1. The van der Waals surface area contributed by atoms with E-state index in [2.05, 4.69) is 4.72 Å². The molecule has 1 saturated heterocycles. The molecule has 2 atom stereocenters. The van der Waals surface area contributed by atoms with Crippen LogP contribution in [0.5, 0.6) is 0 Å².